The lowest BCUT2D eigenvalue weighted by Gasteiger charge is -2.11. The Labute approximate surface area is 129 Å². The summed E-state index contributed by atoms with van der Waals surface area (Å²) in [6.45, 7) is 5.53. The molecule has 0 aliphatic rings. The van der Waals surface area contributed by atoms with Gasteiger partial charge in [-0.3, -0.25) is 4.99 Å². The fourth-order valence-corrected chi connectivity index (χ4v) is 2.11. The number of carbonyl (C=O) groups excluding carboxylic acids is 1. The summed E-state index contributed by atoms with van der Waals surface area (Å²) >= 11 is 0. The highest BCUT2D eigenvalue weighted by atomic mass is 16.5. The Bertz CT molecular complexity index is 729. The summed E-state index contributed by atoms with van der Waals surface area (Å²) in [5, 5.41) is 4.25. The molecule has 0 bridgehead atoms. The van der Waals surface area contributed by atoms with Crippen LogP contribution in [0.5, 0.6) is 0 Å². The van der Waals surface area contributed by atoms with Crippen LogP contribution in [-0.4, -0.2) is 30.3 Å². The number of nitrogens with zero attached hydrogens (tertiary/aromatic N) is 1. The Morgan fingerprint density at radius 3 is 2.95 bits per heavy atom. The maximum Gasteiger partial charge on any atom is 0.356 e. The van der Waals surface area contributed by atoms with Crippen molar-refractivity contribution in [3.05, 3.63) is 54.9 Å². The van der Waals surface area contributed by atoms with Gasteiger partial charge in [0.05, 0.1) is 12.8 Å². The molecule has 2 rings (SSSR count). The Hall–Kier alpha value is -2.82. The summed E-state index contributed by atoms with van der Waals surface area (Å²) < 4.78 is 4.84. The van der Waals surface area contributed by atoms with Gasteiger partial charge in [-0.05, 0) is 19.1 Å². The smallest absolute Gasteiger partial charge is 0.356 e. The topological polar surface area (TPSA) is 66.5 Å². The molecular weight excluding hydrogens is 278 g/mol. The molecule has 1 atom stereocenters. The first-order valence-electron chi connectivity index (χ1n) is 6.93. The Balaban J connectivity index is 2.32. The number of allylic oxidation sites excluding steroid dienone is 1. The molecule has 2 aromatic rings. The first-order chi connectivity index (χ1) is 10.7. The number of benzene rings is 1. The molecule has 114 valence electrons. The molecule has 0 spiro atoms. The van der Waals surface area contributed by atoms with Crippen molar-refractivity contribution in [1.82, 2.24) is 4.98 Å². The van der Waals surface area contributed by atoms with E-state index in [0.717, 1.165) is 16.6 Å². The predicted molar refractivity (Wildman–Crippen MR) is 90.6 cm³/mol. The molecule has 2 N–H and O–H groups in total. The van der Waals surface area contributed by atoms with Crippen molar-refractivity contribution in [3.8, 4) is 0 Å². The number of aliphatic imine (C=N–C) groups is 1. The molecule has 0 amide bonds. The number of aromatic nitrogens is 1. The molecule has 0 fully saturated rings. The highest BCUT2D eigenvalue weighted by Gasteiger charge is 2.18. The van der Waals surface area contributed by atoms with Gasteiger partial charge in [-0.2, -0.15) is 0 Å². The van der Waals surface area contributed by atoms with E-state index in [4.69, 9.17) is 4.74 Å². The number of rotatable bonds is 6. The molecule has 1 aromatic carbocycles. The monoisotopic (exact) mass is 297 g/mol. The zero-order valence-electron chi connectivity index (χ0n) is 12.7. The van der Waals surface area contributed by atoms with Crippen molar-refractivity contribution in [3.63, 3.8) is 0 Å². The van der Waals surface area contributed by atoms with Crippen LogP contribution < -0.4 is 5.32 Å². The van der Waals surface area contributed by atoms with Gasteiger partial charge in [-0.15, -0.1) is 0 Å². The van der Waals surface area contributed by atoms with E-state index in [2.05, 4.69) is 21.9 Å². The molecule has 0 aliphatic heterocycles. The first-order valence-corrected chi connectivity index (χ1v) is 6.93. The molecule has 1 aromatic heterocycles. The molecule has 0 radical (unpaired) electrons. The highest BCUT2D eigenvalue weighted by molar-refractivity contribution is 6.06. The quantitative estimate of drug-likeness (QED) is 0.633. The first kappa shape index (κ1) is 15.6. The van der Waals surface area contributed by atoms with Crippen LogP contribution >= 0.6 is 0 Å². The van der Waals surface area contributed by atoms with Crippen molar-refractivity contribution < 1.29 is 9.53 Å². The van der Waals surface area contributed by atoms with Crippen molar-refractivity contribution >= 4 is 28.8 Å². The van der Waals surface area contributed by atoms with Gasteiger partial charge in [0.15, 0.2) is 0 Å². The number of H-pyrrole nitrogens is 1. The van der Waals surface area contributed by atoms with E-state index in [1.54, 1.807) is 18.5 Å². The van der Waals surface area contributed by atoms with Crippen molar-refractivity contribution in [2.45, 2.75) is 13.0 Å². The summed E-state index contributed by atoms with van der Waals surface area (Å²) in [6, 6.07) is 7.70. The Morgan fingerprint density at radius 1 is 1.45 bits per heavy atom. The van der Waals surface area contributed by atoms with Gasteiger partial charge in [0, 0.05) is 29.4 Å². The van der Waals surface area contributed by atoms with Gasteiger partial charge in [0.25, 0.3) is 0 Å². The van der Waals surface area contributed by atoms with E-state index in [1.807, 2.05) is 37.3 Å². The molecule has 1 unspecified atom stereocenters. The van der Waals surface area contributed by atoms with Crippen molar-refractivity contribution in [1.29, 1.82) is 0 Å². The number of ether oxygens (including phenoxy) is 1. The average Bonchev–Trinajstić information content (AvgIpc) is 2.89. The second-order valence-corrected chi connectivity index (χ2v) is 4.72. The summed E-state index contributed by atoms with van der Waals surface area (Å²) in [5.41, 5.74) is 2.03. The maximum absolute atomic E-state index is 11.9. The minimum absolute atomic E-state index is 0.00965. The lowest BCUT2D eigenvalue weighted by atomic mass is 10.2. The van der Waals surface area contributed by atoms with Crippen molar-refractivity contribution in [2.24, 2.45) is 4.99 Å². The van der Waals surface area contributed by atoms with Crippen LogP contribution in [0.25, 0.3) is 10.9 Å². The van der Waals surface area contributed by atoms with Crippen LogP contribution in [-0.2, 0) is 4.74 Å². The molecule has 1 heterocycles. The zero-order chi connectivity index (χ0) is 15.9. The van der Waals surface area contributed by atoms with Gasteiger partial charge in [-0.25, -0.2) is 4.79 Å². The molecule has 5 nitrogen and oxygen atoms in total. The van der Waals surface area contributed by atoms with Gasteiger partial charge in [0.2, 0.25) is 0 Å². The predicted octanol–water partition coefficient (Wildman–Crippen LogP) is 3.53. The normalized spacial score (nSPS) is 12.8. The van der Waals surface area contributed by atoms with E-state index in [0.29, 0.717) is 5.69 Å². The third-order valence-electron chi connectivity index (χ3n) is 3.12. The maximum atomic E-state index is 11.9. The summed E-state index contributed by atoms with van der Waals surface area (Å²) in [6.07, 6.45) is 6.79. The lowest BCUT2D eigenvalue weighted by Crippen LogP contribution is -2.15. The summed E-state index contributed by atoms with van der Waals surface area (Å²) in [7, 11) is 1.37. The molecule has 0 saturated heterocycles. The molecule has 0 saturated carbocycles. The van der Waals surface area contributed by atoms with Gasteiger partial charge < -0.3 is 15.0 Å². The fourth-order valence-electron chi connectivity index (χ4n) is 2.11. The van der Waals surface area contributed by atoms with E-state index >= 15 is 0 Å². The van der Waals surface area contributed by atoms with Crippen LogP contribution in [0.3, 0.4) is 0 Å². The average molecular weight is 297 g/mol. The number of aromatic amines is 1. The van der Waals surface area contributed by atoms with Gasteiger partial charge >= 0.3 is 5.97 Å². The van der Waals surface area contributed by atoms with E-state index in [1.165, 1.54) is 7.11 Å². The highest BCUT2D eigenvalue weighted by Crippen LogP contribution is 2.28. The lowest BCUT2D eigenvalue weighted by molar-refractivity contribution is 0.0596. The number of hydrogen-bond acceptors (Lipinski definition) is 4. The molecule has 0 aliphatic carbocycles. The number of esters is 1. The summed E-state index contributed by atoms with van der Waals surface area (Å²) in [4.78, 5) is 19.1. The van der Waals surface area contributed by atoms with Crippen LogP contribution in [0.4, 0.5) is 5.69 Å². The third kappa shape index (κ3) is 3.44. The third-order valence-corrected chi connectivity index (χ3v) is 3.12. The van der Waals surface area contributed by atoms with Gasteiger partial charge in [-0.1, -0.05) is 30.9 Å². The van der Waals surface area contributed by atoms with Crippen LogP contribution in [0.2, 0.25) is 0 Å². The molecule has 5 heteroatoms. The van der Waals surface area contributed by atoms with E-state index in [9.17, 15) is 4.79 Å². The number of para-hydroxylation sites is 1. The van der Waals surface area contributed by atoms with Crippen LogP contribution in [0.15, 0.2) is 54.2 Å². The second-order valence-electron chi connectivity index (χ2n) is 4.72. The fraction of sp³-hybridized carbons (Fsp3) is 0.176. The molecular formula is C17H19N3O2. The standard InChI is InChI=1S/C17H19N3O2/c1-4-10-18-11-9-12(2)19-15-13-7-5-6-8-14(13)20-16(15)17(21)22-3/h4-12,19-20H,1H2,2-3H3/b11-9-,18-10-. The zero-order valence-corrected chi connectivity index (χ0v) is 12.7. The number of nitrogens with one attached hydrogen (secondary N) is 2. The van der Waals surface area contributed by atoms with E-state index in [-0.39, 0.29) is 6.04 Å². The largest absolute Gasteiger partial charge is 0.464 e. The number of carbonyl (C=O) groups is 1. The number of methoxy groups -OCH3 is 1. The minimum Gasteiger partial charge on any atom is -0.464 e. The molecule has 22 heavy (non-hydrogen) atoms. The van der Waals surface area contributed by atoms with Crippen LogP contribution in [0, 0.1) is 0 Å². The SMILES string of the molecule is C=C/C=N\C=C/C(C)Nc1c(C(=O)OC)[nH]c2ccccc12. The van der Waals surface area contributed by atoms with Gasteiger partial charge in [0.1, 0.15) is 5.69 Å². The number of hydrogen-bond donors (Lipinski definition) is 2. The minimum atomic E-state index is -0.403. The van der Waals surface area contributed by atoms with E-state index < -0.39 is 5.97 Å². The Morgan fingerprint density at radius 2 is 2.23 bits per heavy atom. The number of anilines is 1. The van der Waals surface area contributed by atoms with Crippen molar-refractivity contribution in [2.75, 3.05) is 12.4 Å². The Kier molecular flexibility index (Phi) is 5.14. The summed E-state index contributed by atoms with van der Waals surface area (Å²) in [5.74, 6) is -0.403. The van der Waals surface area contributed by atoms with Crippen LogP contribution in [0.1, 0.15) is 17.4 Å². The second kappa shape index (κ2) is 7.26. The number of fused-ring (bicyclic) bond motifs is 1.